The number of hydrogen-bond acceptors (Lipinski definition) is 4. The zero-order valence-corrected chi connectivity index (χ0v) is 13.7. The number of amides is 1. The minimum atomic E-state index is -0.0729. The Balaban J connectivity index is 2.15. The van der Waals surface area contributed by atoms with Crippen molar-refractivity contribution in [3.63, 3.8) is 0 Å². The number of carbonyl (C=O) groups is 1. The molecule has 0 unspecified atom stereocenters. The Morgan fingerprint density at radius 1 is 1.41 bits per heavy atom. The molecular formula is C16H22N4O2. The first-order valence-electron chi connectivity index (χ1n) is 7.20. The summed E-state index contributed by atoms with van der Waals surface area (Å²) in [6.45, 7) is 6.37. The van der Waals surface area contributed by atoms with Gasteiger partial charge in [-0.25, -0.2) is 9.67 Å². The number of rotatable bonds is 5. The molecule has 6 heteroatoms. The summed E-state index contributed by atoms with van der Waals surface area (Å²) in [6.07, 6.45) is 1.58. The fourth-order valence-electron chi connectivity index (χ4n) is 2.26. The minimum Gasteiger partial charge on any atom is -0.380 e. The molecule has 1 atom stereocenters. The lowest BCUT2D eigenvalue weighted by Gasteiger charge is -2.20. The second-order valence-corrected chi connectivity index (χ2v) is 5.48. The van der Waals surface area contributed by atoms with Crippen molar-refractivity contribution in [3.05, 3.63) is 41.3 Å². The van der Waals surface area contributed by atoms with E-state index < -0.39 is 0 Å². The van der Waals surface area contributed by atoms with E-state index in [0.29, 0.717) is 17.9 Å². The Bertz CT molecular complexity index is 649. The average Bonchev–Trinajstić information content (AvgIpc) is 2.85. The summed E-state index contributed by atoms with van der Waals surface area (Å²) in [6, 6.07) is 5.57. The molecule has 2 rings (SSSR count). The number of pyridine rings is 1. The zero-order chi connectivity index (χ0) is 16.3. The van der Waals surface area contributed by atoms with Crippen LogP contribution in [0.2, 0.25) is 0 Å². The van der Waals surface area contributed by atoms with E-state index in [1.54, 1.807) is 42.1 Å². The van der Waals surface area contributed by atoms with Gasteiger partial charge in [-0.3, -0.25) is 4.79 Å². The van der Waals surface area contributed by atoms with Gasteiger partial charge in [0, 0.05) is 32.6 Å². The van der Waals surface area contributed by atoms with Crippen LogP contribution in [0.4, 0.5) is 0 Å². The highest BCUT2D eigenvalue weighted by atomic mass is 16.5. The maximum Gasteiger partial charge on any atom is 0.255 e. The van der Waals surface area contributed by atoms with Crippen LogP contribution in [0.15, 0.2) is 24.4 Å². The van der Waals surface area contributed by atoms with Crippen LogP contribution in [0, 0.1) is 13.8 Å². The lowest BCUT2D eigenvalue weighted by atomic mass is 10.2. The molecule has 0 saturated heterocycles. The summed E-state index contributed by atoms with van der Waals surface area (Å²) < 4.78 is 6.94. The van der Waals surface area contributed by atoms with E-state index in [2.05, 4.69) is 10.1 Å². The number of ether oxygens (including phenoxy) is 1. The van der Waals surface area contributed by atoms with Gasteiger partial charge in [0.25, 0.3) is 5.91 Å². The molecule has 2 aromatic heterocycles. The number of hydrogen-bond donors (Lipinski definition) is 0. The van der Waals surface area contributed by atoms with Crippen molar-refractivity contribution in [2.24, 2.45) is 0 Å². The van der Waals surface area contributed by atoms with Crippen LogP contribution in [0.3, 0.4) is 0 Å². The van der Waals surface area contributed by atoms with Crippen LogP contribution in [0.25, 0.3) is 5.82 Å². The van der Waals surface area contributed by atoms with Gasteiger partial charge in [0.05, 0.1) is 17.4 Å². The minimum absolute atomic E-state index is 0.00381. The Hall–Kier alpha value is -2.21. The number of carbonyl (C=O) groups excluding carboxylic acids is 1. The summed E-state index contributed by atoms with van der Waals surface area (Å²) in [5.74, 6) is 0.631. The summed E-state index contributed by atoms with van der Waals surface area (Å²) in [5, 5.41) is 4.38. The van der Waals surface area contributed by atoms with Crippen molar-refractivity contribution in [2.75, 3.05) is 20.7 Å². The standard InChI is InChI=1S/C16H22N4O2/c1-11-8-12(2)20(18-11)15-7-6-14(9-17-15)16(21)19(4)10-13(3)22-5/h6-9,13H,10H2,1-5H3/t13-/m0/s1. The smallest absolute Gasteiger partial charge is 0.255 e. The van der Waals surface area contributed by atoms with Crippen molar-refractivity contribution in [1.82, 2.24) is 19.7 Å². The van der Waals surface area contributed by atoms with E-state index >= 15 is 0 Å². The molecule has 0 aliphatic carbocycles. The van der Waals surface area contributed by atoms with Gasteiger partial charge in [0.1, 0.15) is 0 Å². The van der Waals surface area contributed by atoms with Crippen molar-refractivity contribution in [2.45, 2.75) is 26.9 Å². The predicted octanol–water partition coefficient (Wildman–Crippen LogP) is 1.99. The maximum absolute atomic E-state index is 12.3. The lowest BCUT2D eigenvalue weighted by Crippen LogP contribution is -2.33. The van der Waals surface area contributed by atoms with E-state index in [4.69, 9.17) is 4.74 Å². The molecule has 0 bridgehead atoms. The predicted molar refractivity (Wildman–Crippen MR) is 84.3 cm³/mol. The average molecular weight is 302 g/mol. The molecule has 0 radical (unpaired) electrons. The molecule has 0 aliphatic rings. The zero-order valence-electron chi connectivity index (χ0n) is 13.7. The van der Waals surface area contributed by atoms with E-state index in [9.17, 15) is 4.79 Å². The first-order chi connectivity index (χ1) is 10.4. The first-order valence-corrected chi connectivity index (χ1v) is 7.20. The van der Waals surface area contributed by atoms with Gasteiger partial charge in [-0.2, -0.15) is 5.10 Å². The first kappa shape index (κ1) is 16.2. The molecule has 0 N–H and O–H groups in total. The quantitative estimate of drug-likeness (QED) is 0.847. The van der Waals surface area contributed by atoms with Crippen LogP contribution in [-0.2, 0) is 4.74 Å². The molecule has 1 amide bonds. The van der Waals surface area contributed by atoms with Crippen LogP contribution in [0.5, 0.6) is 0 Å². The van der Waals surface area contributed by atoms with E-state index in [0.717, 1.165) is 11.4 Å². The molecule has 22 heavy (non-hydrogen) atoms. The number of methoxy groups -OCH3 is 1. The highest BCUT2D eigenvalue weighted by molar-refractivity contribution is 5.93. The van der Waals surface area contributed by atoms with Gasteiger partial charge >= 0.3 is 0 Å². The van der Waals surface area contributed by atoms with Crippen LogP contribution in [-0.4, -0.2) is 52.4 Å². The van der Waals surface area contributed by atoms with Crippen LogP contribution >= 0.6 is 0 Å². The monoisotopic (exact) mass is 302 g/mol. The molecule has 0 aliphatic heterocycles. The molecule has 0 aromatic carbocycles. The van der Waals surface area contributed by atoms with Crippen molar-refractivity contribution in [1.29, 1.82) is 0 Å². The van der Waals surface area contributed by atoms with Crippen LogP contribution in [0.1, 0.15) is 28.7 Å². The fraction of sp³-hybridized carbons (Fsp3) is 0.438. The Kier molecular flexibility index (Phi) is 4.92. The van der Waals surface area contributed by atoms with Crippen molar-refractivity contribution >= 4 is 5.91 Å². The summed E-state index contributed by atoms with van der Waals surface area (Å²) in [4.78, 5) is 18.3. The van der Waals surface area contributed by atoms with Gasteiger partial charge in [-0.1, -0.05) is 0 Å². The van der Waals surface area contributed by atoms with Gasteiger partial charge < -0.3 is 9.64 Å². The van der Waals surface area contributed by atoms with E-state index in [1.165, 1.54) is 0 Å². The van der Waals surface area contributed by atoms with Crippen molar-refractivity contribution < 1.29 is 9.53 Å². The second-order valence-electron chi connectivity index (χ2n) is 5.48. The topological polar surface area (TPSA) is 60.2 Å². The fourth-order valence-corrected chi connectivity index (χ4v) is 2.26. The van der Waals surface area contributed by atoms with E-state index in [-0.39, 0.29) is 12.0 Å². The highest BCUT2D eigenvalue weighted by Gasteiger charge is 2.15. The van der Waals surface area contributed by atoms with Gasteiger partial charge in [0.15, 0.2) is 5.82 Å². The SMILES string of the molecule is CO[C@@H](C)CN(C)C(=O)c1ccc(-n2nc(C)cc2C)nc1. The van der Waals surface area contributed by atoms with Gasteiger partial charge in [-0.05, 0) is 39.0 Å². The molecule has 0 spiro atoms. The summed E-state index contributed by atoms with van der Waals surface area (Å²) in [7, 11) is 3.39. The third-order valence-corrected chi connectivity index (χ3v) is 3.50. The Morgan fingerprint density at radius 2 is 2.14 bits per heavy atom. The lowest BCUT2D eigenvalue weighted by molar-refractivity contribution is 0.0599. The molecule has 0 fully saturated rings. The largest absolute Gasteiger partial charge is 0.380 e. The maximum atomic E-state index is 12.3. The van der Waals surface area contributed by atoms with Gasteiger partial charge in [-0.15, -0.1) is 0 Å². The Labute approximate surface area is 130 Å². The van der Waals surface area contributed by atoms with E-state index in [1.807, 2.05) is 26.8 Å². The molecule has 2 aromatic rings. The summed E-state index contributed by atoms with van der Waals surface area (Å²) >= 11 is 0. The highest BCUT2D eigenvalue weighted by Crippen LogP contribution is 2.11. The molecule has 6 nitrogen and oxygen atoms in total. The number of likely N-dealkylation sites (N-methyl/N-ethyl adjacent to an activating group) is 1. The molecular weight excluding hydrogens is 280 g/mol. The van der Waals surface area contributed by atoms with Crippen molar-refractivity contribution in [3.8, 4) is 5.82 Å². The molecule has 0 saturated carbocycles. The number of aryl methyl sites for hydroxylation is 2. The second kappa shape index (κ2) is 6.70. The molecule has 118 valence electrons. The Morgan fingerprint density at radius 3 is 2.64 bits per heavy atom. The third-order valence-electron chi connectivity index (χ3n) is 3.50. The van der Waals surface area contributed by atoms with Gasteiger partial charge in [0.2, 0.25) is 0 Å². The number of nitrogens with zero attached hydrogens (tertiary/aromatic N) is 4. The summed E-state index contributed by atoms with van der Waals surface area (Å²) in [5.41, 5.74) is 2.50. The molecule has 2 heterocycles. The normalized spacial score (nSPS) is 12.2. The third kappa shape index (κ3) is 3.51. The van der Waals surface area contributed by atoms with Crippen LogP contribution < -0.4 is 0 Å². The number of aromatic nitrogens is 3.